The maximum atomic E-state index is 6.04. The molecule has 5 rings (SSSR count). The van der Waals surface area contributed by atoms with Crippen LogP contribution in [0.1, 0.15) is 19.3 Å². The summed E-state index contributed by atoms with van der Waals surface area (Å²) in [5, 5.41) is 5.61. The third-order valence-electron chi connectivity index (χ3n) is 5.40. The summed E-state index contributed by atoms with van der Waals surface area (Å²) in [6.07, 6.45) is 7.11. The van der Waals surface area contributed by atoms with Crippen molar-refractivity contribution < 1.29 is 9.15 Å². The van der Waals surface area contributed by atoms with Crippen molar-refractivity contribution in [2.24, 2.45) is 0 Å². The topological polar surface area (TPSA) is 55.8 Å². The van der Waals surface area contributed by atoms with Crippen LogP contribution in [0.4, 0.5) is 0 Å². The predicted molar refractivity (Wildman–Crippen MR) is 104 cm³/mol. The molecule has 1 aliphatic heterocycles. The quantitative estimate of drug-likeness (QED) is 0.537. The Morgan fingerprint density at radius 2 is 2.19 bits per heavy atom. The van der Waals surface area contributed by atoms with Gasteiger partial charge in [0.1, 0.15) is 11.3 Å². The zero-order valence-electron chi connectivity index (χ0n) is 15.3. The van der Waals surface area contributed by atoms with Gasteiger partial charge in [0.15, 0.2) is 5.65 Å². The number of likely N-dealkylation sites (tertiary alicyclic amines) is 1. The van der Waals surface area contributed by atoms with E-state index < -0.39 is 0 Å². The maximum absolute atomic E-state index is 6.04. The largest absolute Gasteiger partial charge is 0.477 e. The first-order valence-corrected chi connectivity index (χ1v) is 9.44. The summed E-state index contributed by atoms with van der Waals surface area (Å²) in [5.41, 5.74) is 2.51. The number of aromatic nitrogens is 3. The maximum Gasteiger partial charge on any atom is 0.232 e. The van der Waals surface area contributed by atoms with Gasteiger partial charge in [0.05, 0.1) is 12.2 Å². The molecule has 1 saturated heterocycles. The van der Waals surface area contributed by atoms with Crippen LogP contribution in [0.5, 0.6) is 5.88 Å². The van der Waals surface area contributed by atoms with Crippen LogP contribution in [0, 0.1) is 0 Å². The molecule has 0 radical (unpaired) electrons. The van der Waals surface area contributed by atoms with E-state index in [1.807, 2.05) is 42.6 Å². The Morgan fingerprint density at radius 3 is 3.04 bits per heavy atom. The average molecular weight is 362 g/mol. The van der Waals surface area contributed by atoms with E-state index in [0.29, 0.717) is 18.5 Å². The number of hydrogen-bond acceptors (Lipinski definition) is 5. The van der Waals surface area contributed by atoms with Gasteiger partial charge >= 0.3 is 0 Å². The number of nitrogens with zero attached hydrogens (tertiary/aromatic N) is 4. The second kappa shape index (κ2) is 6.70. The number of imidazole rings is 1. The first kappa shape index (κ1) is 16.3. The van der Waals surface area contributed by atoms with Crippen molar-refractivity contribution in [3.8, 4) is 17.2 Å². The van der Waals surface area contributed by atoms with Crippen molar-refractivity contribution in [3.05, 3.63) is 48.8 Å². The standard InChI is InChI=1S/C21H22N4O2/c1-24-10-4-6-16(24)8-12-26-20-14-17(21-22-9-11-25(21)23-20)19-13-15-5-2-3-7-18(15)27-19/h2-3,5,7,9,11,13-14,16H,4,6,8,10,12H2,1H3. The highest BCUT2D eigenvalue weighted by Crippen LogP contribution is 2.31. The Morgan fingerprint density at radius 1 is 1.26 bits per heavy atom. The molecule has 0 saturated carbocycles. The number of benzene rings is 1. The van der Waals surface area contributed by atoms with Crippen molar-refractivity contribution in [3.63, 3.8) is 0 Å². The van der Waals surface area contributed by atoms with Crippen molar-refractivity contribution in [1.82, 2.24) is 19.5 Å². The van der Waals surface area contributed by atoms with Gasteiger partial charge in [-0.3, -0.25) is 0 Å². The predicted octanol–water partition coefficient (Wildman–Crippen LogP) is 4.01. The zero-order chi connectivity index (χ0) is 18.2. The molecule has 0 amide bonds. The Kier molecular flexibility index (Phi) is 4.05. The van der Waals surface area contributed by atoms with Crippen molar-refractivity contribution in [2.75, 3.05) is 20.2 Å². The number of rotatable bonds is 5. The monoisotopic (exact) mass is 362 g/mol. The fourth-order valence-corrected chi connectivity index (χ4v) is 3.90. The fourth-order valence-electron chi connectivity index (χ4n) is 3.90. The normalized spacial score (nSPS) is 17.9. The Hall–Kier alpha value is -2.86. The summed E-state index contributed by atoms with van der Waals surface area (Å²) < 4.78 is 13.8. The van der Waals surface area contributed by atoms with E-state index in [1.54, 1.807) is 10.7 Å². The van der Waals surface area contributed by atoms with Crippen LogP contribution in [-0.4, -0.2) is 45.7 Å². The molecular formula is C21H22N4O2. The van der Waals surface area contributed by atoms with Gasteiger partial charge in [-0.2, -0.15) is 0 Å². The molecule has 4 heterocycles. The summed E-state index contributed by atoms with van der Waals surface area (Å²) in [4.78, 5) is 6.85. The SMILES string of the molecule is CN1CCCC1CCOc1cc(-c2cc3ccccc3o2)c2nccn2n1. The molecule has 0 bridgehead atoms. The lowest BCUT2D eigenvalue weighted by molar-refractivity contribution is 0.227. The molecule has 1 unspecified atom stereocenters. The number of para-hydroxylation sites is 1. The fraction of sp³-hybridized carbons (Fsp3) is 0.333. The third kappa shape index (κ3) is 3.06. The highest BCUT2D eigenvalue weighted by Gasteiger charge is 2.21. The number of ether oxygens (including phenoxy) is 1. The summed E-state index contributed by atoms with van der Waals surface area (Å²) in [5.74, 6) is 1.37. The first-order chi connectivity index (χ1) is 13.3. The number of fused-ring (bicyclic) bond motifs is 2. The lowest BCUT2D eigenvalue weighted by Gasteiger charge is -2.19. The van der Waals surface area contributed by atoms with E-state index >= 15 is 0 Å². The van der Waals surface area contributed by atoms with Crippen LogP contribution in [0.2, 0.25) is 0 Å². The molecule has 1 atom stereocenters. The smallest absolute Gasteiger partial charge is 0.232 e. The molecule has 1 aromatic carbocycles. The van der Waals surface area contributed by atoms with Crippen molar-refractivity contribution in [1.29, 1.82) is 0 Å². The van der Waals surface area contributed by atoms with E-state index in [-0.39, 0.29) is 0 Å². The van der Waals surface area contributed by atoms with Gasteiger partial charge in [0.2, 0.25) is 5.88 Å². The molecular weight excluding hydrogens is 340 g/mol. The van der Waals surface area contributed by atoms with Gasteiger partial charge in [-0.1, -0.05) is 18.2 Å². The molecule has 0 N–H and O–H groups in total. The van der Waals surface area contributed by atoms with Gasteiger partial charge in [-0.25, -0.2) is 9.50 Å². The minimum absolute atomic E-state index is 0.594. The average Bonchev–Trinajstić information content (AvgIpc) is 3.40. The third-order valence-corrected chi connectivity index (χ3v) is 5.40. The van der Waals surface area contributed by atoms with Crippen LogP contribution in [0.15, 0.2) is 53.2 Å². The second-order valence-corrected chi connectivity index (χ2v) is 7.15. The zero-order valence-corrected chi connectivity index (χ0v) is 15.3. The molecule has 6 nitrogen and oxygen atoms in total. The summed E-state index contributed by atoms with van der Waals surface area (Å²) >= 11 is 0. The molecule has 3 aromatic heterocycles. The summed E-state index contributed by atoms with van der Waals surface area (Å²) in [7, 11) is 2.19. The lowest BCUT2D eigenvalue weighted by atomic mass is 10.1. The Labute approximate surface area is 157 Å². The second-order valence-electron chi connectivity index (χ2n) is 7.15. The number of hydrogen-bond donors (Lipinski definition) is 0. The summed E-state index contributed by atoms with van der Waals surface area (Å²) in [6, 6.07) is 12.6. The molecule has 27 heavy (non-hydrogen) atoms. The lowest BCUT2D eigenvalue weighted by Crippen LogP contribution is -2.26. The van der Waals surface area contributed by atoms with Crippen molar-refractivity contribution in [2.45, 2.75) is 25.3 Å². The number of furan rings is 1. The molecule has 1 fully saturated rings. The minimum atomic E-state index is 0.594. The molecule has 0 spiro atoms. The van der Waals surface area contributed by atoms with Crippen LogP contribution < -0.4 is 4.74 Å². The van der Waals surface area contributed by atoms with E-state index in [2.05, 4.69) is 22.0 Å². The van der Waals surface area contributed by atoms with E-state index in [4.69, 9.17) is 9.15 Å². The van der Waals surface area contributed by atoms with Crippen LogP contribution in [0.3, 0.4) is 0 Å². The van der Waals surface area contributed by atoms with Gasteiger partial charge in [-0.15, -0.1) is 5.10 Å². The molecule has 6 heteroatoms. The molecule has 0 aliphatic carbocycles. The van der Waals surface area contributed by atoms with Crippen molar-refractivity contribution >= 4 is 16.6 Å². The van der Waals surface area contributed by atoms with E-state index in [1.165, 1.54) is 19.4 Å². The Bertz CT molecular complexity index is 1050. The summed E-state index contributed by atoms with van der Waals surface area (Å²) in [6.45, 7) is 1.84. The highest BCUT2D eigenvalue weighted by atomic mass is 16.5. The Balaban J connectivity index is 1.44. The molecule has 1 aliphatic rings. The molecule has 138 valence electrons. The first-order valence-electron chi connectivity index (χ1n) is 9.44. The van der Waals surface area contributed by atoms with E-state index in [0.717, 1.165) is 34.4 Å². The molecule has 4 aromatic rings. The van der Waals surface area contributed by atoms with Gasteiger partial charge in [-0.05, 0) is 45.0 Å². The van der Waals surface area contributed by atoms with Gasteiger partial charge < -0.3 is 14.1 Å². The van der Waals surface area contributed by atoms with Crippen LogP contribution >= 0.6 is 0 Å². The van der Waals surface area contributed by atoms with Gasteiger partial charge in [0, 0.05) is 29.9 Å². The van der Waals surface area contributed by atoms with Crippen LogP contribution in [-0.2, 0) is 0 Å². The minimum Gasteiger partial charge on any atom is -0.477 e. The van der Waals surface area contributed by atoms with Crippen LogP contribution in [0.25, 0.3) is 27.9 Å². The highest BCUT2D eigenvalue weighted by molar-refractivity contribution is 5.86. The van der Waals surface area contributed by atoms with E-state index in [9.17, 15) is 0 Å². The van der Waals surface area contributed by atoms with Gasteiger partial charge in [0.25, 0.3) is 0 Å².